The zero-order valence-corrected chi connectivity index (χ0v) is 15.7. The average molecular weight is 317 g/mol. The van der Waals surface area contributed by atoms with Gasteiger partial charge < -0.3 is 14.2 Å². The molecule has 0 aliphatic heterocycles. The van der Waals surface area contributed by atoms with Crippen molar-refractivity contribution in [2.24, 2.45) is 0 Å². The molecular weight excluding hydrogens is 276 g/mol. The van der Waals surface area contributed by atoms with Crippen molar-refractivity contribution in [2.75, 3.05) is 19.8 Å². The minimum absolute atomic E-state index is 0.136. The van der Waals surface area contributed by atoms with Crippen LogP contribution in [0.25, 0.3) is 0 Å². The van der Waals surface area contributed by atoms with Crippen LogP contribution in [0.5, 0.6) is 0 Å². The maximum Gasteiger partial charge on any atom is 0.0781 e. The van der Waals surface area contributed by atoms with Crippen molar-refractivity contribution < 1.29 is 14.2 Å². The Morgan fingerprint density at radius 1 is 0.591 bits per heavy atom. The van der Waals surface area contributed by atoms with Crippen LogP contribution in [-0.4, -0.2) is 38.1 Å². The molecule has 0 N–H and O–H groups in total. The van der Waals surface area contributed by atoms with Crippen LogP contribution in [0.15, 0.2) is 0 Å². The largest absolute Gasteiger partial charge is 0.376 e. The minimum atomic E-state index is 0.136. The van der Waals surface area contributed by atoms with Gasteiger partial charge in [0.05, 0.1) is 31.5 Å². The van der Waals surface area contributed by atoms with Crippen molar-refractivity contribution in [1.82, 2.24) is 0 Å². The molecule has 0 heterocycles. The van der Waals surface area contributed by atoms with Crippen molar-refractivity contribution in [3.8, 4) is 0 Å². The smallest absolute Gasteiger partial charge is 0.0781 e. The van der Waals surface area contributed by atoms with E-state index in [4.69, 9.17) is 14.2 Å². The molecule has 0 saturated heterocycles. The Labute approximate surface area is 139 Å². The summed E-state index contributed by atoms with van der Waals surface area (Å²) in [6.07, 6.45) is 11.3. The summed E-state index contributed by atoms with van der Waals surface area (Å²) in [7, 11) is 0. The average Bonchev–Trinajstić information content (AvgIpc) is 2.49. The molecule has 0 aromatic carbocycles. The first-order chi connectivity index (χ1) is 10.6. The van der Waals surface area contributed by atoms with Gasteiger partial charge in [0.15, 0.2) is 0 Å². The van der Waals surface area contributed by atoms with Gasteiger partial charge in [-0.1, -0.05) is 51.9 Å². The fourth-order valence-electron chi connectivity index (χ4n) is 2.24. The monoisotopic (exact) mass is 316 g/mol. The summed E-state index contributed by atoms with van der Waals surface area (Å²) in [5, 5.41) is 0. The van der Waals surface area contributed by atoms with E-state index in [-0.39, 0.29) is 18.3 Å². The first-order valence-corrected chi connectivity index (χ1v) is 9.41. The van der Waals surface area contributed by atoms with Crippen LogP contribution in [0.2, 0.25) is 0 Å². The molecule has 0 fully saturated rings. The molecule has 134 valence electrons. The maximum atomic E-state index is 5.80. The van der Waals surface area contributed by atoms with Crippen molar-refractivity contribution in [1.29, 1.82) is 0 Å². The summed E-state index contributed by atoms with van der Waals surface area (Å²) in [5.74, 6) is 0. The van der Waals surface area contributed by atoms with E-state index in [1.807, 2.05) is 20.8 Å². The van der Waals surface area contributed by atoms with E-state index < -0.39 is 0 Å². The van der Waals surface area contributed by atoms with E-state index in [1.165, 1.54) is 51.4 Å². The Kier molecular flexibility index (Phi) is 15.7. The van der Waals surface area contributed by atoms with E-state index in [1.54, 1.807) is 0 Å². The number of hydrogen-bond donors (Lipinski definition) is 0. The van der Waals surface area contributed by atoms with Gasteiger partial charge >= 0.3 is 0 Å². The molecule has 3 heteroatoms. The van der Waals surface area contributed by atoms with Crippen molar-refractivity contribution >= 4 is 0 Å². The third-order valence-electron chi connectivity index (χ3n) is 3.68. The van der Waals surface area contributed by atoms with Gasteiger partial charge in [0.25, 0.3) is 0 Å². The van der Waals surface area contributed by atoms with Crippen LogP contribution in [0.3, 0.4) is 0 Å². The summed E-state index contributed by atoms with van der Waals surface area (Å²) in [6, 6.07) is 0. The molecule has 0 radical (unpaired) electrons. The lowest BCUT2D eigenvalue weighted by Crippen LogP contribution is -2.24. The van der Waals surface area contributed by atoms with Crippen LogP contribution in [0.1, 0.15) is 86.0 Å². The topological polar surface area (TPSA) is 27.7 Å². The van der Waals surface area contributed by atoms with E-state index in [2.05, 4.69) is 13.8 Å². The normalized spacial score (nSPS) is 14.5. The van der Waals surface area contributed by atoms with Crippen LogP contribution >= 0.6 is 0 Å². The second-order valence-corrected chi connectivity index (χ2v) is 6.68. The first kappa shape index (κ1) is 21.9. The Morgan fingerprint density at radius 3 is 1.68 bits per heavy atom. The van der Waals surface area contributed by atoms with Gasteiger partial charge in [-0.05, 0) is 34.1 Å². The van der Waals surface area contributed by atoms with E-state index >= 15 is 0 Å². The van der Waals surface area contributed by atoms with Crippen LogP contribution in [0.4, 0.5) is 0 Å². The molecule has 3 nitrogen and oxygen atoms in total. The van der Waals surface area contributed by atoms with Gasteiger partial charge in [0.2, 0.25) is 0 Å². The van der Waals surface area contributed by atoms with Crippen LogP contribution < -0.4 is 0 Å². The molecule has 0 spiro atoms. The predicted octanol–water partition coefficient (Wildman–Crippen LogP) is 5.36. The quantitative estimate of drug-likeness (QED) is 0.359. The van der Waals surface area contributed by atoms with Gasteiger partial charge in [-0.15, -0.1) is 0 Å². The molecule has 0 aromatic heterocycles. The van der Waals surface area contributed by atoms with Gasteiger partial charge in [-0.3, -0.25) is 0 Å². The third-order valence-corrected chi connectivity index (χ3v) is 3.68. The molecule has 0 aliphatic carbocycles. The minimum Gasteiger partial charge on any atom is -0.376 e. The van der Waals surface area contributed by atoms with Crippen LogP contribution in [-0.2, 0) is 14.2 Å². The summed E-state index contributed by atoms with van der Waals surface area (Å²) < 4.78 is 17.1. The highest BCUT2D eigenvalue weighted by Gasteiger charge is 2.08. The van der Waals surface area contributed by atoms with Gasteiger partial charge in [-0.25, -0.2) is 0 Å². The van der Waals surface area contributed by atoms with Gasteiger partial charge in [0.1, 0.15) is 0 Å². The van der Waals surface area contributed by atoms with E-state index in [0.717, 1.165) is 6.61 Å². The fourth-order valence-corrected chi connectivity index (χ4v) is 2.24. The highest BCUT2D eigenvalue weighted by atomic mass is 16.6. The summed E-state index contributed by atoms with van der Waals surface area (Å²) >= 11 is 0. The molecule has 0 aromatic rings. The predicted molar refractivity (Wildman–Crippen MR) is 94.5 cm³/mol. The fraction of sp³-hybridized carbons (Fsp3) is 1.00. The standard InChI is InChI=1S/C19H40O3/c1-6-7-8-9-10-11-12-13-14-20-18(4)16-22-19(5)15-21-17(2)3/h17-19H,6-16H2,1-5H3. The number of ether oxygens (including phenoxy) is 3. The van der Waals surface area contributed by atoms with E-state index in [0.29, 0.717) is 13.2 Å². The third kappa shape index (κ3) is 16.3. The van der Waals surface area contributed by atoms with Gasteiger partial charge in [-0.2, -0.15) is 0 Å². The molecule has 0 amide bonds. The number of unbranched alkanes of at least 4 members (excludes halogenated alkanes) is 7. The van der Waals surface area contributed by atoms with E-state index in [9.17, 15) is 0 Å². The lowest BCUT2D eigenvalue weighted by atomic mass is 10.1. The van der Waals surface area contributed by atoms with Gasteiger partial charge in [0, 0.05) is 6.61 Å². The highest BCUT2D eigenvalue weighted by molar-refractivity contribution is 4.54. The Bertz CT molecular complexity index is 219. The lowest BCUT2D eigenvalue weighted by molar-refractivity contribution is -0.0659. The molecule has 0 bridgehead atoms. The maximum absolute atomic E-state index is 5.80. The second-order valence-electron chi connectivity index (χ2n) is 6.68. The van der Waals surface area contributed by atoms with Crippen molar-refractivity contribution in [3.63, 3.8) is 0 Å². The second kappa shape index (κ2) is 15.8. The Balaban J connectivity index is 3.30. The highest BCUT2D eigenvalue weighted by Crippen LogP contribution is 2.09. The van der Waals surface area contributed by atoms with Crippen molar-refractivity contribution in [3.05, 3.63) is 0 Å². The molecule has 0 saturated carbocycles. The van der Waals surface area contributed by atoms with Crippen LogP contribution in [0, 0.1) is 0 Å². The first-order valence-electron chi connectivity index (χ1n) is 9.41. The molecule has 2 atom stereocenters. The zero-order valence-electron chi connectivity index (χ0n) is 15.7. The van der Waals surface area contributed by atoms with Crippen molar-refractivity contribution in [2.45, 2.75) is 104 Å². The summed E-state index contributed by atoms with van der Waals surface area (Å²) in [6.45, 7) is 12.7. The summed E-state index contributed by atoms with van der Waals surface area (Å²) in [5.41, 5.74) is 0. The molecule has 2 unspecified atom stereocenters. The lowest BCUT2D eigenvalue weighted by Gasteiger charge is -2.18. The number of rotatable bonds is 16. The Hall–Kier alpha value is -0.120. The molecule has 0 rings (SSSR count). The number of hydrogen-bond acceptors (Lipinski definition) is 3. The molecule has 22 heavy (non-hydrogen) atoms. The summed E-state index contributed by atoms with van der Waals surface area (Å²) in [4.78, 5) is 0. The SMILES string of the molecule is CCCCCCCCCCOC(C)COC(C)COC(C)C. The molecular formula is C19H40O3. The Morgan fingerprint density at radius 2 is 1.09 bits per heavy atom. The zero-order chi connectivity index (χ0) is 16.6. The molecule has 0 aliphatic rings.